The lowest BCUT2D eigenvalue weighted by Gasteiger charge is -2.15. The van der Waals surface area contributed by atoms with Crippen LogP contribution >= 0.6 is 0 Å². The van der Waals surface area contributed by atoms with Crippen molar-refractivity contribution in [3.05, 3.63) is 29.3 Å². The van der Waals surface area contributed by atoms with Gasteiger partial charge in [-0.05, 0) is 37.6 Å². The highest BCUT2D eigenvalue weighted by Crippen LogP contribution is 2.23. The van der Waals surface area contributed by atoms with E-state index in [1.54, 1.807) is 14.0 Å². The number of likely N-dealkylation sites (N-methyl/N-ethyl adjacent to an activating group) is 1. The van der Waals surface area contributed by atoms with Gasteiger partial charge in [0, 0.05) is 13.6 Å². The molecular formula is C13H18F2N2O2. The second-order valence-electron chi connectivity index (χ2n) is 4.12. The number of benzene rings is 1. The van der Waals surface area contributed by atoms with Gasteiger partial charge in [-0.3, -0.25) is 4.79 Å². The van der Waals surface area contributed by atoms with Gasteiger partial charge in [0.05, 0.1) is 0 Å². The van der Waals surface area contributed by atoms with Crippen LogP contribution in [0.5, 0.6) is 5.75 Å². The maximum atomic E-state index is 13.6. The van der Waals surface area contributed by atoms with E-state index in [1.807, 2.05) is 0 Å². The van der Waals surface area contributed by atoms with Gasteiger partial charge in [0.25, 0.3) is 5.91 Å². The first kappa shape index (κ1) is 15.4. The molecule has 0 aliphatic heterocycles. The van der Waals surface area contributed by atoms with Gasteiger partial charge in [-0.2, -0.15) is 0 Å². The van der Waals surface area contributed by atoms with Crippen LogP contribution in [0.1, 0.15) is 12.5 Å². The summed E-state index contributed by atoms with van der Waals surface area (Å²) in [4.78, 5) is 12.9. The fourth-order valence-electron chi connectivity index (χ4n) is 1.48. The smallest absolute Gasteiger partial charge is 0.260 e. The minimum Gasteiger partial charge on any atom is -0.478 e. The maximum absolute atomic E-state index is 13.6. The Morgan fingerprint density at radius 3 is 2.42 bits per heavy atom. The molecule has 0 aliphatic rings. The van der Waals surface area contributed by atoms with Crippen molar-refractivity contribution in [3.63, 3.8) is 0 Å². The fourth-order valence-corrected chi connectivity index (χ4v) is 1.48. The summed E-state index contributed by atoms with van der Waals surface area (Å²) in [7, 11) is 1.59. The molecule has 1 rings (SSSR count). The molecule has 2 N–H and O–H groups in total. The average Bonchev–Trinajstić information content (AvgIpc) is 2.36. The predicted octanol–water partition coefficient (Wildman–Crippen LogP) is 1.32. The Morgan fingerprint density at radius 1 is 1.37 bits per heavy atom. The van der Waals surface area contributed by atoms with Crippen molar-refractivity contribution >= 4 is 5.91 Å². The van der Waals surface area contributed by atoms with Crippen molar-refractivity contribution in [3.8, 4) is 5.75 Å². The molecule has 0 spiro atoms. The van der Waals surface area contributed by atoms with E-state index in [2.05, 4.69) is 0 Å². The standard InChI is InChI=1S/C13H18F2N2O2/c1-3-17(2)12(18)8-19-13-10(14)6-9(4-5-16)7-11(13)15/h6-7H,3-5,8,16H2,1-2H3. The van der Waals surface area contributed by atoms with Crippen LogP contribution in [-0.2, 0) is 11.2 Å². The lowest BCUT2D eigenvalue weighted by molar-refractivity contribution is -0.131. The first-order chi connectivity index (χ1) is 8.99. The SMILES string of the molecule is CCN(C)C(=O)COc1c(F)cc(CCN)cc1F. The van der Waals surface area contributed by atoms with E-state index in [1.165, 1.54) is 17.0 Å². The van der Waals surface area contributed by atoms with Crippen LogP contribution in [0.25, 0.3) is 0 Å². The molecule has 0 bridgehead atoms. The molecule has 0 aromatic heterocycles. The molecule has 0 atom stereocenters. The molecule has 0 heterocycles. The third-order valence-corrected chi connectivity index (χ3v) is 2.73. The van der Waals surface area contributed by atoms with Crippen LogP contribution in [0.2, 0.25) is 0 Å². The van der Waals surface area contributed by atoms with Crippen LogP contribution in [-0.4, -0.2) is 37.6 Å². The average molecular weight is 272 g/mol. The third-order valence-electron chi connectivity index (χ3n) is 2.73. The van der Waals surface area contributed by atoms with Crippen LogP contribution in [0.15, 0.2) is 12.1 Å². The van der Waals surface area contributed by atoms with Crippen LogP contribution < -0.4 is 10.5 Å². The van der Waals surface area contributed by atoms with E-state index >= 15 is 0 Å². The summed E-state index contributed by atoms with van der Waals surface area (Å²) in [6.45, 7) is 2.20. The van der Waals surface area contributed by atoms with E-state index < -0.39 is 24.0 Å². The van der Waals surface area contributed by atoms with E-state index in [0.717, 1.165) is 0 Å². The van der Waals surface area contributed by atoms with Gasteiger partial charge in [-0.25, -0.2) is 8.78 Å². The quantitative estimate of drug-likeness (QED) is 0.850. The monoisotopic (exact) mass is 272 g/mol. The molecule has 19 heavy (non-hydrogen) atoms. The third kappa shape index (κ3) is 4.17. The Bertz CT molecular complexity index is 429. The fraction of sp³-hybridized carbons (Fsp3) is 0.462. The van der Waals surface area contributed by atoms with Crippen molar-refractivity contribution in [2.45, 2.75) is 13.3 Å². The van der Waals surface area contributed by atoms with Gasteiger partial charge in [-0.1, -0.05) is 0 Å². The highest BCUT2D eigenvalue weighted by atomic mass is 19.1. The molecule has 0 unspecified atom stereocenters. The first-order valence-corrected chi connectivity index (χ1v) is 6.04. The predicted molar refractivity (Wildman–Crippen MR) is 67.9 cm³/mol. The van der Waals surface area contributed by atoms with Gasteiger partial charge in [0.2, 0.25) is 0 Å². The van der Waals surface area contributed by atoms with Gasteiger partial charge in [0.1, 0.15) is 0 Å². The Kier molecular flexibility index (Phi) is 5.69. The summed E-state index contributed by atoms with van der Waals surface area (Å²) in [5.74, 6) is -2.52. The molecule has 6 heteroatoms. The van der Waals surface area contributed by atoms with Crippen LogP contribution in [0.3, 0.4) is 0 Å². The molecule has 1 aromatic rings. The van der Waals surface area contributed by atoms with Crippen molar-refractivity contribution in [2.24, 2.45) is 5.73 Å². The number of carbonyl (C=O) groups is 1. The van der Waals surface area contributed by atoms with E-state index in [-0.39, 0.29) is 5.91 Å². The lowest BCUT2D eigenvalue weighted by atomic mass is 10.1. The van der Waals surface area contributed by atoms with Gasteiger partial charge in [0.15, 0.2) is 24.0 Å². The molecule has 0 radical (unpaired) electrons. The molecule has 106 valence electrons. The summed E-state index contributed by atoms with van der Waals surface area (Å²) in [6.07, 6.45) is 0.381. The van der Waals surface area contributed by atoms with Crippen LogP contribution in [0.4, 0.5) is 8.78 Å². The second-order valence-corrected chi connectivity index (χ2v) is 4.12. The molecule has 0 aliphatic carbocycles. The number of rotatable bonds is 6. The van der Waals surface area contributed by atoms with Crippen molar-refractivity contribution in [1.29, 1.82) is 0 Å². The van der Waals surface area contributed by atoms with Crippen LogP contribution in [0, 0.1) is 11.6 Å². The summed E-state index contributed by atoms with van der Waals surface area (Å²) in [6, 6.07) is 2.33. The number of nitrogens with zero attached hydrogens (tertiary/aromatic N) is 1. The highest BCUT2D eigenvalue weighted by molar-refractivity contribution is 5.77. The van der Waals surface area contributed by atoms with E-state index in [0.29, 0.717) is 25.1 Å². The number of hydrogen-bond donors (Lipinski definition) is 1. The molecule has 1 amide bonds. The summed E-state index contributed by atoms with van der Waals surface area (Å²) in [5, 5.41) is 0. The molecule has 0 saturated heterocycles. The number of ether oxygens (including phenoxy) is 1. The van der Waals surface area contributed by atoms with Gasteiger partial charge >= 0.3 is 0 Å². The Morgan fingerprint density at radius 2 is 1.95 bits per heavy atom. The number of amides is 1. The second kappa shape index (κ2) is 7.04. The maximum Gasteiger partial charge on any atom is 0.260 e. The number of halogens is 2. The lowest BCUT2D eigenvalue weighted by Crippen LogP contribution is -2.31. The number of nitrogens with two attached hydrogens (primary N) is 1. The normalized spacial score (nSPS) is 10.4. The zero-order chi connectivity index (χ0) is 14.4. The Balaban J connectivity index is 2.76. The molecule has 0 fully saturated rings. The molecular weight excluding hydrogens is 254 g/mol. The molecule has 4 nitrogen and oxygen atoms in total. The van der Waals surface area contributed by atoms with E-state index in [9.17, 15) is 13.6 Å². The molecule has 0 saturated carbocycles. The van der Waals surface area contributed by atoms with Gasteiger partial charge < -0.3 is 15.4 Å². The molecule has 1 aromatic carbocycles. The summed E-state index contributed by atoms with van der Waals surface area (Å²) >= 11 is 0. The zero-order valence-electron chi connectivity index (χ0n) is 11.1. The number of hydrogen-bond acceptors (Lipinski definition) is 3. The first-order valence-electron chi connectivity index (χ1n) is 6.04. The topological polar surface area (TPSA) is 55.6 Å². The summed E-state index contributed by atoms with van der Waals surface area (Å²) < 4.78 is 32.2. The Hall–Kier alpha value is -1.69. The van der Waals surface area contributed by atoms with Crippen molar-refractivity contribution in [2.75, 3.05) is 26.7 Å². The zero-order valence-corrected chi connectivity index (χ0v) is 11.1. The minimum absolute atomic E-state index is 0.304. The largest absolute Gasteiger partial charge is 0.478 e. The Labute approximate surface area is 111 Å². The van der Waals surface area contributed by atoms with Crippen molar-refractivity contribution in [1.82, 2.24) is 4.90 Å². The van der Waals surface area contributed by atoms with E-state index in [4.69, 9.17) is 10.5 Å². The highest BCUT2D eigenvalue weighted by Gasteiger charge is 2.15. The minimum atomic E-state index is -0.824. The van der Waals surface area contributed by atoms with Gasteiger partial charge in [-0.15, -0.1) is 0 Å². The van der Waals surface area contributed by atoms with Crippen molar-refractivity contribution < 1.29 is 18.3 Å². The number of carbonyl (C=O) groups excluding carboxylic acids is 1. The summed E-state index contributed by atoms with van der Waals surface area (Å²) in [5.41, 5.74) is 5.78.